The largest absolute Gasteiger partial charge is 0.472 e. The Morgan fingerprint density at radius 1 is 0.266 bits per heavy atom. The van der Waals surface area contributed by atoms with Crippen molar-refractivity contribution in [2.24, 2.45) is 23.7 Å². The molecule has 0 radical (unpaired) electrons. The zero-order valence-corrected chi connectivity index (χ0v) is 63.4. The van der Waals surface area contributed by atoms with Crippen LogP contribution in [0.25, 0.3) is 0 Å². The van der Waals surface area contributed by atoms with Gasteiger partial charge in [0.2, 0.25) is 0 Å². The van der Waals surface area contributed by atoms with Crippen molar-refractivity contribution >= 4 is 39.5 Å². The number of aliphatic hydroxyl groups excluding tert-OH is 1. The van der Waals surface area contributed by atoms with Gasteiger partial charge in [0.15, 0.2) is 12.2 Å². The molecule has 3 N–H and O–H groups in total. The summed E-state index contributed by atoms with van der Waals surface area (Å²) in [5.41, 5.74) is 0. The van der Waals surface area contributed by atoms with E-state index >= 15 is 0 Å². The van der Waals surface area contributed by atoms with Crippen molar-refractivity contribution < 1.29 is 80.2 Å². The Hall–Kier alpha value is -1.94. The summed E-state index contributed by atoms with van der Waals surface area (Å²) in [6.45, 7) is 14.1. The van der Waals surface area contributed by atoms with Crippen LogP contribution < -0.4 is 0 Å². The van der Waals surface area contributed by atoms with Crippen molar-refractivity contribution in [1.29, 1.82) is 0 Å². The van der Waals surface area contributed by atoms with Gasteiger partial charge in [-0.25, -0.2) is 9.13 Å². The predicted molar refractivity (Wildman–Crippen MR) is 381 cm³/mol. The van der Waals surface area contributed by atoms with Gasteiger partial charge in [0.25, 0.3) is 0 Å². The van der Waals surface area contributed by atoms with Crippen molar-refractivity contribution in [3.05, 3.63) is 0 Å². The summed E-state index contributed by atoms with van der Waals surface area (Å²) in [5.74, 6) is 0.827. The lowest BCUT2D eigenvalue weighted by Gasteiger charge is -2.21. The predicted octanol–water partition coefficient (Wildman–Crippen LogP) is 21.7. The molecular formula is C75H146O17P2. The van der Waals surface area contributed by atoms with E-state index in [-0.39, 0.29) is 25.7 Å². The standard InChI is InChI=1S/C75H146O17P2/c1-65(2)51-43-35-27-23-19-15-11-9-10-12-17-21-25-29-39-47-55-72(77)85-61-71(92-75(80)58-50-42-34-32-38-46-54-68(7)8)64-90-94(83,84)88-60-69(76)59-87-93(81,82)89-63-70(62-86-73(78)56-48-40-33-31-37-45-53-67(5)6)91-74(79)57-49-41-30-26-22-18-14-13-16-20-24-28-36-44-52-66(3)4/h65-71,76H,9-64H2,1-8H3,(H,81,82)(H,83,84)/t69?,70-,71-/m1/s1. The Bertz CT molecular complexity index is 1850. The Balaban J connectivity index is 5.13. The summed E-state index contributed by atoms with van der Waals surface area (Å²) >= 11 is 0. The number of rotatable bonds is 72. The summed E-state index contributed by atoms with van der Waals surface area (Å²) in [5, 5.41) is 10.6. The van der Waals surface area contributed by atoms with Crippen LogP contribution in [0.2, 0.25) is 0 Å². The molecule has 17 nitrogen and oxygen atoms in total. The maximum atomic E-state index is 13.0. The molecule has 0 aromatic carbocycles. The van der Waals surface area contributed by atoms with Gasteiger partial charge in [-0.15, -0.1) is 0 Å². The second kappa shape index (κ2) is 64.4. The van der Waals surface area contributed by atoms with E-state index in [1.165, 1.54) is 173 Å². The van der Waals surface area contributed by atoms with Crippen LogP contribution in [0.15, 0.2) is 0 Å². The van der Waals surface area contributed by atoms with Gasteiger partial charge in [0, 0.05) is 25.7 Å². The molecule has 0 aliphatic heterocycles. The molecule has 0 aromatic rings. The molecule has 0 saturated heterocycles. The molecule has 0 bridgehead atoms. The van der Waals surface area contributed by atoms with Crippen LogP contribution in [0.3, 0.4) is 0 Å². The van der Waals surface area contributed by atoms with Gasteiger partial charge in [-0.05, 0) is 49.4 Å². The second-order valence-corrected chi connectivity index (χ2v) is 31.9. The quantitative estimate of drug-likeness (QED) is 0.0222. The molecule has 558 valence electrons. The third-order valence-electron chi connectivity index (χ3n) is 17.3. The highest BCUT2D eigenvalue weighted by Gasteiger charge is 2.30. The first kappa shape index (κ1) is 92.1. The van der Waals surface area contributed by atoms with Crippen LogP contribution in [-0.4, -0.2) is 96.7 Å². The summed E-state index contributed by atoms with van der Waals surface area (Å²) in [6.07, 6.45) is 49.0. The van der Waals surface area contributed by atoms with E-state index in [1.807, 2.05) is 0 Å². The monoisotopic (exact) mass is 1380 g/mol. The number of carbonyl (C=O) groups excluding carboxylic acids is 4. The van der Waals surface area contributed by atoms with Crippen molar-refractivity contribution in [2.45, 2.75) is 395 Å². The molecule has 0 rings (SSSR count). The first-order chi connectivity index (χ1) is 45.1. The molecule has 94 heavy (non-hydrogen) atoms. The normalized spacial score (nSPS) is 14.2. The highest BCUT2D eigenvalue weighted by atomic mass is 31.2. The number of phosphoric acid groups is 2. The first-order valence-electron chi connectivity index (χ1n) is 38.7. The minimum atomic E-state index is -4.95. The summed E-state index contributed by atoms with van der Waals surface area (Å²) in [4.78, 5) is 72.6. The highest BCUT2D eigenvalue weighted by Crippen LogP contribution is 2.45. The number of aliphatic hydroxyl groups is 1. The topological polar surface area (TPSA) is 237 Å². The fourth-order valence-corrected chi connectivity index (χ4v) is 13.0. The molecule has 0 aliphatic rings. The number of esters is 4. The van der Waals surface area contributed by atoms with E-state index in [0.717, 1.165) is 108 Å². The number of unbranched alkanes of at least 4 members (excludes halogenated alkanes) is 38. The van der Waals surface area contributed by atoms with Gasteiger partial charge in [-0.1, -0.05) is 325 Å². The van der Waals surface area contributed by atoms with Crippen molar-refractivity contribution in [3.8, 4) is 0 Å². The van der Waals surface area contributed by atoms with E-state index in [2.05, 4.69) is 55.4 Å². The van der Waals surface area contributed by atoms with Gasteiger partial charge >= 0.3 is 39.5 Å². The fraction of sp³-hybridized carbons (Fsp3) is 0.947. The first-order valence-corrected chi connectivity index (χ1v) is 41.7. The van der Waals surface area contributed by atoms with Crippen LogP contribution in [0.4, 0.5) is 0 Å². The zero-order chi connectivity index (χ0) is 69.6. The molecule has 0 spiro atoms. The number of hydrogen-bond donors (Lipinski definition) is 3. The lowest BCUT2D eigenvalue weighted by atomic mass is 10.0. The summed E-state index contributed by atoms with van der Waals surface area (Å²) in [6, 6.07) is 0. The Kier molecular flexibility index (Phi) is 63.1. The average Bonchev–Trinajstić information content (AvgIpc) is 1.59. The minimum absolute atomic E-state index is 0.102. The third kappa shape index (κ3) is 68.6. The van der Waals surface area contributed by atoms with Crippen LogP contribution in [-0.2, 0) is 65.4 Å². The SMILES string of the molecule is CC(C)CCCCCCCCCCCCCCCCCCC(=O)OC[C@H](COP(=O)(O)OCC(O)COP(=O)(O)OC[C@@H](COC(=O)CCCCCCCCC(C)C)OC(=O)CCCCCCCCCCCCCCCCC(C)C)OC(=O)CCCCCCCCC(C)C. The van der Waals surface area contributed by atoms with Crippen molar-refractivity contribution in [2.75, 3.05) is 39.6 Å². The zero-order valence-electron chi connectivity index (χ0n) is 61.6. The highest BCUT2D eigenvalue weighted by molar-refractivity contribution is 7.47. The Labute approximate surface area is 575 Å². The van der Waals surface area contributed by atoms with E-state index in [9.17, 15) is 43.2 Å². The fourth-order valence-electron chi connectivity index (χ4n) is 11.4. The van der Waals surface area contributed by atoms with Crippen LogP contribution in [0, 0.1) is 23.7 Å². The van der Waals surface area contributed by atoms with Gasteiger partial charge in [0.05, 0.1) is 26.4 Å². The van der Waals surface area contributed by atoms with Crippen LogP contribution >= 0.6 is 15.6 Å². The molecule has 0 saturated carbocycles. The maximum absolute atomic E-state index is 13.0. The Morgan fingerprint density at radius 2 is 0.447 bits per heavy atom. The molecular weight excluding hydrogens is 1230 g/mol. The number of carbonyl (C=O) groups is 4. The van der Waals surface area contributed by atoms with E-state index in [1.54, 1.807) is 0 Å². The lowest BCUT2D eigenvalue weighted by molar-refractivity contribution is -0.161. The van der Waals surface area contributed by atoms with Gasteiger partial charge in [0.1, 0.15) is 19.3 Å². The molecule has 5 atom stereocenters. The van der Waals surface area contributed by atoms with Crippen LogP contribution in [0.1, 0.15) is 376 Å². The van der Waals surface area contributed by atoms with E-state index in [4.69, 9.17) is 37.0 Å². The van der Waals surface area contributed by atoms with E-state index < -0.39 is 97.5 Å². The average molecular weight is 1380 g/mol. The van der Waals surface area contributed by atoms with Gasteiger partial charge in [-0.2, -0.15) is 0 Å². The van der Waals surface area contributed by atoms with Gasteiger partial charge < -0.3 is 33.8 Å². The maximum Gasteiger partial charge on any atom is 0.472 e. The number of hydrogen-bond acceptors (Lipinski definition) is 15. The molecule has 0 aliphatic carbocycles. The van der Waals surface area contributed by atoms with E-state index in [0.29, 0.717) is 37.5 Å². The molecule has 0 aromatic heterocycles. The van der Waals surface area contributed by atoms with Crippen molar-refractivity contribution in [1.82, 2.24) is 0 Å². The summed E-state index contributed by atoms with van der Waals surface area (Å²) in [7, 11) is -9.91. The molecule has 3 unspecified atom stereocenters. The minimum Gasteiger partial charge on any atom is -0.462 e. The number of ether oxygens (including phenoxy) is 4. The lowest BCUT2D eigenvalue weighted by Crippen LogP contribution is -2.30. The molecule has 0 amide bonds. The molecule has 0 heterocycles. The van der Waals surface area contributed by atoms with Gasteiger partial charge in [-0.3, -0.25) is 37.3 Å². The Morgan fingerprint density at radius 3 is 0.660 bits per heavy atom. The second-order valence-electron chi connectivity index (χ2n) is 28.9. The summed E-state index contributed by atoms with van der Waals surface area (Å²) < 4.78 is 68.4. The van der Waals surface area contributed by atoms with Crippen molar-refractivity contribution in [3.63, 3.8) is 0 Å². The number of phosphoric ester groups is 2. The van der Waals surface area contributed by atoms with Crippen LogP contribution in [0.5, 0.6) is 0 Å². The third-order valence-corrected chi connectivity index (χ3v) is 19.2. The molecule has 0 fully saturated rings. The molecule has 19 heteroatoms. The smallest absolute Gasteiger partial charge is 0.462 e.